The first-order chi connectivity index (χ1) is 19.1. The topological polar surface area (TPSA) is 90.9 Å². The molecule has 3 fully saturated rings. The lowest BCUT2D eigenvalue weighted by atomic mass is 9.91. The molecule has 9 nitrogen and oxygen atoms in total. The summed E-state index contributed by atoms with van der Waals surface area (Å²) in [5, 5.41) is 4.09. The number of nitrogens with zero attached hydrogens (tertiary/aromatic N) is 5. The second-order valence-electron chi connectivity index (χ2n) is 10.7. The van der Waals surface area contributed by atoms with Gasteiger partial charge in [-0.2, -0.15) is 0 Å². The number of rotatable bonds is 7. The van der Waals surface area contributed by atoms with Crippen molar-refractivity contribution in [3.63, 3.8) is 0 Å². The highest BCUT2D eigenvalue weighted by Crippen LogP contribution is 2.32. The van der Waals surface area contributed by atoms with Gasteiger partial charge < -0.3 is 24.8 Å². The van der Waals surface area contributed by atoms with Crippen LogP contribution in [0.3, 0.4) is 0 Å². The van der Waals surface area contributed by atoms with Crippen LogP contribution in [0.15, 0.2) is 48.8 Å². The van der Waals surface area contributed by atoms with E-state index in [9.17, 15) is 9.59 Å². The van der Waals surface area contributed by atoms with Crippen LogP contribution in [-0.2, 0) is 4.79 Å². The molecule has 4 heterocycles. The van der Waals surface area contributed by atoms with E-state index in [0.29, 0.717) is 32.7 Å². The molecule has 9 heteroatoms. The molecule has 3 aliphatic heterocycles. The van der Waals surface area contributed by atoms with Crippen molar-refractivity contribution in [3.8, 4) is 5.75 Å². The van der Waals surface area contributed by atoms with Crippen molar-refractivity contribution >= 4 is 34.2 Å². The van der Waals surface area contributed by atoms with E-state index < -0.39 is 0 Å². The number of fused-ring (bicyclic) bond motifs is 1. The van der Waals surface area contributed by atoms with Crippen molar-refractivity contribution in [2.45, 2.75) is 44.4 Å². The Kier molecular flexibility index (Phi) is 7.47. The van der Waals surface area contributed by atoms with Gasteiger partial charge in [0.1, 0.15) is 18.7 Å². The number of benzene rings is 2. The van der Waals surface area contributed by atoms with Crippen molar-refractivity contribution in [3.05, 3.63) is 54.5 Å². The third kappa shape index (κ3) is 5.77. The van der Waals surface area contributed by atoms with Crippen LogP contribution < -0.4 is 15.0 Å². The minimum absolute atomic E-state index is 0.0488. The van der Waals surface area contributed by atoms with Crippen LogP contribution in [0.5, 0.6) is 5.75 Å². The number of aromatic nitrogens is 2. The summed E-state index contributed by atoms with van der Waals surface area (Å²) in [6.45, 7) is 5.50. The van der Waals surface area contributed by atoms with E-state index in [1.807, 2.05) is 40.1 Å². The molecule has 3 amide bonds. The van der Waals surface area contributed by atoms with Crippen molar-refractivity contribution in [1.29, 1.82) is 0 Å². The van der Waals surface area contributed by atoms with Crippen molar-refractivity contribution in [2.75, 3.05) is 56.1 Å². The average Bonchev–Trinajstić information content (AvgIpc) is 3.65. The predicted octanol–water partition coefficient (Wildman–Crippen LogP) is 4.64. The van der Waals surface area contributed by atoms with Crippen molar-refractivity contribution < 1.29 is 14.3 Å². The Morgan fingerprint density at radius 2 is 1.74 bits per heavy atom. The van der Waals surface area contributed by atoms with E-state index in [1.54, 1.807) is 6.33 Å². The van der Waals surface area contributed by atoms with E-state index >= 15 is 0 Å². The molecule has 204 valence electrons. The molecule has 0 bridgehead atoms. The Bertz CT molecular complexity index is 1320. The van der Waals surface area contributed by atoms with Gasteiger partial charge in [0.15, 0.2) is 0 Å². The van der Waals surface area contributed by atoms with Gasteiger partial charge in [-0.05, 0) is 68.5 Å². The number of ether oxygens (including phenoxy) is 1. The fraction of sp³-hybridized carbons (Fsp3) is 0.467. The van der Waals surface area contributed by atoms with Crippen molar-refractivity contribution in [2.24, 2.45) is 0 Å². The number of urea groups is 1. The normalized spacial score (nSPS) is 18.3. The second-order valence-corrected chi connectivity index (χ2v) is 10.7. The highest BCUT2D eigenvalue weighted by molar-refractivity contribution is 5.89. The van der Waals surface area contributed by atoms with Gasteiger partial charge in [0.05, 0.1) is 17.8 Å². The summed E-state index contributed by atoms with van der Waals surface area (Å²) in [7, 11) is 0. The average molecular weight is 529 g/mol. The predicted molar refractivity (Wildman–Crippen MR) is 151 cm³/mol. The molecule has 2 aromatic carbocycles. The minimum atomic E-state index is -0.0488. The summed E-state index contributed by atoms with van der Waals surface area (Å²) in [5.41, 5.74) is 3.94. The van der Waals surface area contributed by atoms with Crippen LogP contribution in [0.2, 0.25) is 0 Å². The van der Waals surface area contributed by atoms with Gasteiger partial charge >= 0.3 is 6.03 Å². The van der Waals surface area contributed by atoms with E-state index in [1.165, 1.54) is 18.5 Å². The Morgan fingerprint density at radius 3 is 2.49 bits per heavy atom. The monoisotopic (exact) mass is 528 g/mol. The van der Waals surface area contributed by atoms with Crippen LogP contribution in [0, 0.1) is 0 Å². The molecule has 6 rings (SSSR count). The lowest BCUT2D eigenvalue weighted by molar-refractivity contribution is -0.128. The second kappa shape index (κ2) is 11.5. The quantitative estimate of drug-likeness (QED) is 0.480. The molecule has 0 unspecified atom stereocenters. The first-order valence-electron chi connectivity index (χ1n) is 14.2. The first kappa shape index (κ1) is 25.4. The standard InChI is InChI=1S/C30H36N6O3/c37-28-4-3-15-35(28)18-19-39-25-9-10-26-27(20-25)31-21-32-29(26)22-11-16-36(17-12-22)30(38)33-23-5-7-24(8-6-23)34-13-1-2-14-34/h5-10,20-22H,1-4,11-19H2,(H,33,38). The van der Waals surface area contributed by atoms with Crippen LogP contribution >= 0.6 is 0 Å². The van der Waals surface area contributed by atoms with E-state index in [0.717, 1.165) is 66.9 Å². The van der Waals surface area contributed by atoms with E-state index in [4.69, 9.17) is 4.74 Å². The van der Waals surface area contributed by atoms with Crippen LogP contribution in [0.4, 0.5) is 16.2 Å². The molecule has 0 radical (unpaired) electrons. The van der Waals surface area contributed by atoms with Gasteiger partial charge in [-0.1, -0.05) is 0 Å². The number of piperidine rings is 1. The molecular weight excluding hydrogens is 492 g/mol. The fourth-order valence-electron chi connectivity index (χ4n) is 5.98. The number of hydrogen-bond donors (Lipinski definition) is 1. The zero-order chi connectivity index (χ0) is 26.6. The maximum Gasteiger partial charge on any atom is 0.321 e. The summed E-state index contributed by atoms with van der Waals surface area (Å²) >= 11 is 0. The molecule has 3 aromatic rings. The SMILES string of the molecule is O=C1CCCN1CCOc1ccc2c(C3CCN(C(=O)Nc4ccc(N5CCCC5)cc4)CC3)ncnc2c1. The summed E-state index contributed by atoms with van der Waals surface area (Å²) in [5.74, 6) is 1.23. The third-order valence-electron chi connectivity index (χ3n) is 8.20. The molecule has 3 aliphatic rings. The van der Waals surface area contributed by atoms with Gasteiger partial charge in [-0.15, -0.1) is 0 Å². The molecular formula is C30H36N6O3. The smallest absolute Gasteiger partial charge is 0.321 e. The molecule has 1 aromatic heterocycles. The van der Waals surface area contributed by atoms with E-state index in [-0.39, 0.29) is 17.9 Å². The molecule has 0 atom stereocenters. The molecule has 3 saturated heterocycles. The molecule has 0 spiro atoms. The highest BCUT2D eigenvalue weighted by Gasteiger charge is 2.26. The number of carbonyl (C=O) groups is 2. The Balaban J connectivity index is 1.03. The van der Waals surface area contributed by atoms with Crippen LogP contribution in [0.1, 0.15) is 50.1 Å². The molecule has 39 heavy (non-hydrogen) atoms. The summed E-state index contributed by atoms with van der Waals surface area (Å²) in [6, 6.07) is 14.1. The first-order valence-corrected chi connectivity index (χ1v) is 14.2. The fourth-order valence-corrected chi connectivity index (χ4v) is 5.98. The largest absolute Gasteiger partial charge is 0.492 e. The van der Waals surface area contributed by atoms with E-state index in [2.05, 4.69) is 32.3 Å². The molecule has 0 aliphatic carbocycles. The number of nitrogens with one attached hydrogen (secondary N) is 1. The maximum absolute atomic E-state index is 12.9. The Hall–Kier alpha value is -3.88. The Morgan fingerprint density at radius 1 is 0.949 bits per heavy atom. The number of anilines is 2. The van der Waals surface area contributed by atoms with Crippen LogP contribution in [-0.4, -0.2) is 77.6 Å². The maximum atomic E-state index is 12.9. The third-order valence-corrected chi connectivity index (χ3v) is 8.20. The lowest BCUT2D eigenvalue weighted by Crippen LogP contribution is -2.40. The number of hydrogen-bond acceptors (Lipinski definition) is 6. The van der Waals surface area contributed by atoms with Gasteiger partial charge in [-0.3, -0.25) is 4.79 Å². The van der Waals surface area contributed by atoms with Crippen molar-refractivity contribution in [1.82, 2.24) is 19.8 Å². The summed E-state index contributed by atoms with van der Waals surface area (Å²) < 4.78 is 5.92. The lowest BCUT2D eigenvalue weighted by Gasteiger charge is -2.32. The number of carbonyl (C=O) groups excluding carboxylic acids is 2. The number of amides is 3. The molecule has 0 saturated carbocycles. The highest BCUT2D eigenvalue weighted by atomic mass is 16.5. The summed E-state index contributed by atoms with van der Waals surface area (Å²) in [6.07, 6.45) is 7.41. The molecule has 1 N–H and O–H groups in total. The number of likely N-dealkylation sites (tertiary alicyclic amines) is 2. The van der Waals surface area contributed by atoms with Gasteiger partial charge in [0, 0.05) is 67.9 Å². The van der Waals surface area contributed by atoms with Crippen LogP contribution in [0.25, 0.3) is 10.9 Å². The van der Waals surface area contributed by atoms with Gasteiger partial charge in [0.2, 0.25) is 5.91 Å². The zero-order valence-electron chi connectivity index (χ0n) is 22.3. The van der Waals surface area contributed by atoms with Gasteiger partial charge in [0.25, 0.3) is 0 Å². The Labute approximate surface area is 229 Å². The minimum Gasteiger partial charge on any atom is -0.492 e. The van der Waals surface area contributed by atoms with Gasteiger partial charge in [-0.25, -0.2) is 14.8 Å². The summed E-state index contributed by atoms with van der Waals surface area (Å²) in [4.78, 5) is 40.0. The zero-order valence-corrected chi connectivity index (χ0v) is 22.3.